The highest BCUT2D eigenvalue weighted by Crippen LogP contribution is 2.25. The summed E-state index contributed by atoms with van der Waals surface area (Å²) in [6.45, 7) is 4.14. The summed E-state index contributed by atoms with van der Waals surface area (Å²) in [7, 11) is 0. The summed E-state index contributed by atoms with van der Waals surface area (Å²) >= 11 is 0. The van der Waals surface area contributed by atoms with Crippen LogP contribution >= 0.6 is 0 Å². The molecule has 144 valence electrons. The Hall–Kier alpha value is -3.09. The first-order valence-corrected chi connectivity index (χ1v) is 9.80. The maximum Gasteiger partial charge on any atom is 0.251 e. The summed E-state index contributed by atoms with van der Waals surface area (Å²) in [5.41, 5.74) is 4.15. The fraction of sp³-hybridized carbons (Fsp3) is 0.381. The molecule has 0 aliphatic heterocycles. The van der Waals surface area contributed by atoms with E-state index in [-0.39, 0.29) is 5.91 Å². The number of carbonyl (C=O) groups is 1. The van der Waals surface area contributed by atoms with Crippen molar-refractivity contribution in [1.29, 1.82) is 0 Å². The highest BCUT2D eigenvalue weighted by atomic mass is 16.1. The molecular formula is C21H24N6O. The van der Waals surface area contributed by atoms with Gasteiger partial charge in [0.1, 0.15) is 0 Å². The Morgan fingerprint density at radius 1 is 1.25 bits per heavy atom. The fourth-order valence-electron chi connectivity index (χ4n) is 3.04. The van der Waals surface area contributed by atoms with Crippen LogP contribution < -0.4 is 5.32 Å². The first-order chi connectivity index (χ1) is 13.6. The molecule has 1 aliphatic rings. The van der Waals surface area contributed by atoms with E-state index >= 15 is 0 Å². The van der Waals surface area contributed by atoms with Gasteiger partial charge in [0.2, 0.25) is 0 Å². The average Bonchev–Trinajstić information content (AvgIpc) is 3.40. The van der Waals surface area contributed by atoms with E-state index in [2.05, 4.69) is 32.7 Å². The van der Waals surface area contributed by atoms with Crippen LogP contribution in [0.5, 0.6) is 0 Å². The lowest BCUT2D eigenvalue weighted by molar-refractivity contribution is 0.0951. The molecule has 7 heteroatoms. The van der Waals surface area contributed by atoms with Gasteiger partial charge < -0.3 is 5.32 Å². The summed E-state index contributed by atoms with van der Waals surface area (Å²) in [5.74, 6) is 0.727. The Labute approximate surface area is 164 Å². The number of aromatic nitrogens is 5. The number of aryl methyl sites for hydroxylation is 2. The number of nitrogens with zero attached hydrogens (tertiary/aromatic N) is 5. The molecule has 4 rings (SSSR count). The normalized spacial score (nSPS) is 13.5. The van der Waals surface area contributed by atoms with Gasteiger partial charge in [0.05, 0.1) is 11.4 Å². The Morgan fingerprint density at radius 3 is 2.82 bits per heavy atom. The third kappa shape index (κ3) is 4.08. The highest BCUT2D eigenvalue weighted by molar-refractivity contribution is 5.96. The molecule has 0 unspecified atom stereocenters. The second-order valence-electron chi connectivity index (χ2n) is 7.35. The van der Waals surface area contributed by atoms with Crippen molar-refractivity contribution in [3.8, 4) is 16.9 Å². The number of pyridine rings is 1. The lowest BCUT2D eigenvalue weighted by atomic mass is 10.0. The molecule has 0 spiro atoms. The van der Waals surface area contributed by atoms with Gasteiger partial charge in [0.15, 0.2) is 5.82 Å². The summed E-state index contributed by atoms with van der Waals surface area (Å²) in [4.78, 5) is 17.2. The predicted octanol–water partition coefficient (Wildman–Crippen LogP) is 3.27. The number of rotatable bonds is 7. The average molecular weight is 376 g/mol. The molecule has 28 heavy (non-hydrogen) atoms. The van der Waals surface area contributed by atoms with E-state index in [0.717, 1.165) is 60.4 Å². The van der Waals surface area contributed by atoms with Crippen molar-refractivity contribution in [1.82, 2.24) is 30.5 Å². The predicted molar refractivity (Wildman–Crippen MR) is 106 cm³/mol. The lowest BCUT2D eigenvalue weighted by Crippen LogP contribution is -2.25. The van der Waals surface area contributed by atoms with Crippen molar-refractivity contribution < 1.29 is 4.79 Å². The van der Waals surface area contributed by atoms with E-state index in [0.29, 0.717) is 11.6 Å². The maximum atomic E-state index is 12.7. The fourth-order valence-corrected chi connectivity index (χ4v) is 3.04. The minimum absolute atomic E-state index is 0.0686. The second-order valence-corrected chi connectivity index (χ2v) is 7.35. The van der Waals surface area contributed by atoms with Crippen LogP contribution in [0.25, 0.3) is 16.9 Å². The standard InChI is InChI=1S/C21H24N6O/c1-3-4-5-20-24-25-26-27(20)18-11-15(19-9-6-14(2)13-22-19)10-16(12-18)21(28)23-17-7-8-17/h6,9-13,17H,3-5,7-8H2,1-2H3,(H,23,28). The Bertz CT molecular complexity index is 975. The number of benzene rings is 1. The Morgan fingerprint density at radius 2 is 2.11 bits per heavy atom. The zero-order valence-corrected chi connectivity index (χ0v) is 16.2. The molecule has 1 N–H and O–H groups in total. The number of carbonyl (C=O) groups excluding carboxylic acids is 1. The van der Waals surface area contributed by atoms with Gasteiger partial charge in [0, 0.05) is 29.8 Å². The van der Waals surface area contributed by atoms with Gasteiger partial charge in [-0.05, 0) is 66.4 Å². The molecule has 0 saturated heterocycles. The van der Waals surface area contributed by atoms with Crippen molar-refractivity contribution in [2.75, 3.05) is 0 Å². The van der Waals surface area contributed by atoms with Crippen LogP contribution in [0.3, 0.4) is 0 Å². The van der Waals surface area contributed by atoms with Crippen LogP contribution in [0.1, 0.15) is 54.4 Å². The zero-order chi connectivity index (χ0) is 19.5. The molecule has 0 radical (unpaired) electrons. The number of hydrogen-bond acceptors (Lipinski definition) is 5. The molecule has 1 amide bonds. The minimum atomic E-state index is -0.0686. The topological polar surface area (TPSA) is 85.6 Å². The van der Waals surface area contributed by atoms with Crippen LogP contribution in [0.4, 0.5) is 0 Å². The molecule has 2 heterocycles. The summed E-state index contributed by atoms with van der Waals surface area (Å²) < 4.78 is 1.72. The van der Waals surface area contributed by atoms with E-state index in [1.807, 2.05) is 43.5 Å². The third-order valence-electron chi connectivity index (χ3n) is 4.83. The van der Waals surface area contributed by atoms with Gasteiger partial charge in [-0.15, -0.1) is 5.10 Å². The van der Waals surface area contributed by atoms with E-state index < -0.39 is 0 Å². The zero-order valence-electron chi connectivity index (χ0n) is 16.2. The molecule has 1 aliphatic carbocycles. The third-order valence-corrected chi connectivity index (χ3v) is 4.83. The van der Waals surface area contributed by atoms with Crippen LogP contribution in [0, 0.1) is 6.92 Å². The Balaban J connectivity index is 1.76. The molecule has 0 bridgehead atoms. The van der Waals surface area contributed by atoms with Crippen LogP contribution in [-0.2, 0) is 6.42 Å². The van der Waals surface area contributed by atoms with Crippen LogP contribution in [0.15, 0.2) is 36.5 Å². The Kier molecular flexibility index (Phi) is 5.14. The van der Waals surface area contributed by atoms with Gasteiger partial charge in [-0.3, -0.25) is 9.78 Å². The molecule has 7 nitrogen and oxygen atoms in total. The summed E-state index contributed by atoms with van der Waals surface area (Å²) in [5, 5.41) is 15.2. The molecule has 1 fully saturated rings. The smallest absolute Gasteiger partial charge is 0.251 e. The van der Waals surface area contributed by atoms with Crippen molar-refractivity contribution in [3.05, 3.63) is 53.5 Å². The van der Waals surface area contributed by atoms with E-state index in [1.54, 1.807) is 4.68 Å². The number of nitrogens with one attached hydrogen (secondary N) is 1. The highest BCUT2D eigenvalue weighted by Gasteiger charge is 2.24. The van der Waals surface area contributed by atoms with Crippen LogP contribution in [0.2, 0.25) is 0 Å². The minimum Gasteiger partial charge on any atom is -0.349 e. The van der Waals surface area contributed by atoms with Crippen molar-refractivity contribution in [2.45, 2.75) is 52.0 Å². The van der Waals surface area contributed by atoms with Crippen molar-refractivity contribution in [2.24, 2.45) is 0 Å². The van der Waals surface area contributed by atoms with E-state index in [1.165, 1.54) is 0 Å². The SMILES string of the molecule is CCCCc1nnnn1-c1cc(C(=O)NC2CC2)cc(-c2ccc(C)cn2)c1. The molecule has 1 saturated carbocycles. The molecule has 2 aromatic heterocycles. The quantitative estimate of drug-likeness (QED) is 0.684. The van der Waals surface area contributed by atoms with Gasteiger partial charge in [0.25, 0.3) is 5.91 Å². The number of unbranched alkanes of at least 4 members (excludes halogenated alkanes) is 1. The monoisotopic (exact) mass is 376 g/mol. The lowest BCUT2D eigenvalue weighted by Gasteiger charge is -2.11. The molecule has 0 atom stereocenters. The van der Waals surface area contributed by atoms with Gasteiger partial charge >= 0.3 is 0 Å². The maximum absolute atomic E-state index is 12.7. The summed E-state index contributed by atoms with van der Waals surface area (Å²) in [6, 6.07) is 10.00. The second kappa shape index (κ2) is 7.88. The van der Waals surface area contributed by atoms with E-state index in [9.17, 15) is 4.79 Å². The van der Waals surface area contributed by atoms with Gasteiger partial charge in [-0.2, -0.15) is 4.68 Å². The number of tetrazole rings is 1. The van der Waals surface area contributed by atoms with Crippen molar-refractivity contribution >= 4 is 5.91 Å². The number of hydrogen-bond donors (Lipinski definition) is 1. The molecule has 3 aromatic rings. The molecular weight excluding hydrogens is 352 g/mol. The van der Waals surface area contributed by atoms with E-state index in [4.69, 9.17) is 0 Å². The van der Waals surface area contributed by atoms with Crippen molar-refractivity contribution in [3.63, 3.8) is 0 Å². The number of amides is 1. The van der Waals surface area contributed by atoms with Crippen LogP contribution in [-0.4, -0.2) is 37.1 Å². The first kappa shape index (κ1) is 18.3. The van der Waals surface area contributed by atoms with Gasteiger partial charge in [-0.25, -0.2) is 0 Å². The first-order valence-electron chi connectivity index (χ1n) is 9.80. The van der Waals surface area contributed by atoms with Gasteiger partial charge in [-0.1, -0.05) is 19.4 Å². The molecule has 1 aromatic carbocycles. The summed E-state index contributed by atoms with van der Waals surface area (Å²) in [6.07, 6.45) is 6.79. The largest absolute Gasteiger partial charge is 0.349 e.